The number of hydrogen-bond donors (Lipinski definition) is 1. The lowest BCUT2D eigenvalue weighted by Crippen LogP contribution is -2.40. The minimum Gasteiger partial charge on any atom is -0.339 e. The molecule has 1 aliphatic rings. The van der Waals surface area contributed by atoms with Gasteiger partial charge in [0.05, 0.1) is 10.9 Å². The summed E-state index contributed by atoms with van der Waals surface area (Å²) in [5.41, 5.74) is 0.199. The van der Waals surface area contributed by atoms with Gasteiger partial charge in [-0.1, -0.05) is 13.8 Å². The molecule has 29 heavy (non-hydrogen) atoms. The minimum absolute atomic E-state index is 0.0668. The van der Waals surface area contributed by atoms with Crippen molar-refractivity contribution in [2.45, 2.75) is 39.0 Å². The Bertz CT molecular complexity index is 1010. The maximum absolute atomic E-state index is 13.4. The van der Waals surface area contributed by atoms with Crippen LogP contribution in [0.4, 0.5) is 0 Å². The predicted octanol–water partition coefficient (Wildman–Crippen LogP) is 1.55. The van der Waals surface area contributed by atoms with Crippen LogP contribution in [0.15, 0.2) is 15.7 Å². The second kappa shape index (κ2) is 8.49. The predicted molar refractivity (Wildman–Crippen MR) is 113 cm³/mol. The first-order valence-electron chi connectivity index (χ1n) is 10.3. The molecule has 1 aliphatic heterocycles. The van der Waals surface area contributed by atoms with E-state index in [2.05, 4.69) is 29.0 Å². The van der Waals surface area contributed by atoms with Crippen molar-refractivity contribution in [2.24, 2.45) is 13.0 Å². The Morgan fingerprint density at radius 1 is 1.28 bits per heavy atom. The van der Waals surface area contributed by atoms with Crippen molar-refractivity contribution in [3.8, 4) is 0 Å². The fourth-order valence-corrected chi connectivity index (χ4v) is 3.86. The van der Waals surface area contributed by atoms with E-state index in [1.54, 1.807) is 13.1 Å². The van der Waals surface area contributed by atoms with Crippen LogP contribution in [-0.2, 0) is 7.05 Å². The Balaban J connectivity index is 1.95. The lowest BCUT2D eigenvalue weighted by Gasteiger charge is -2.32. The lowest BCUT2D eigenvalue weighted by molar-refractivity contribution is 0.0685. The number of carbonyl (C=O) groups is 1. The van der Waals surface area contributed by atoms with Crippen molar-refractivity contribution >= 4 is 16.9 Å². The van der Waals surface area contributed by atoms with E-state index in [1.807, 2.05) is 18.7 Å². The van der Waals surface area contributed by atoms with Crippen molar-refractivity contribution in [2.75, 3.05) is 33.7 Å². The molecule has 0 atom stereocenters. The third-order valence-electron chi connectivity index (χ3n) is 5.80. The molecule has 0 aliphatic carbocycles. The van der Waals surface area contributed by atoms with E-state index in [9.17, 15) is 14.4 Å². The SMILES string of the molecule is CC(C)c1cc(C(=O)N2CCC(CCN(C)C)CC2)c2c(=O)[nH]c(=O)n(C)c2n1. The quantitative estimate of drug-likeness (QED) is 0.821. The smallest absolute Gasteiger partial charge is 0.329 e. The van der Waals surface area contributed by atoms with Gasteiger partial charge < -0.3 is 9.80 Å². The molecule has 1 fully saturated rings. The van der Waals surface area contributed by atoms with Crippen molar-refractivity contribution in [1.82, 2.24) is 24.3 Å². The zero-order valence-electron chi connectivity index (χ0n) is 18.0. The topological polar surface area (TPSA) is 91.3 Å². The molecule has 0 radical (unpaired) electrons. The van der Waals surface area contributed by atoms with E-state index in [0.29, 0.717) is 30.3 Å². The molecule has 1 amide bonds. The normalized spacial score (nSPS) is 15.6. The third-order valence-corrected chi connectivity index (χ3v) is 5.80. The number of nitrogens with one attached hydrogen (secondary N) is 1. The molecule has 0 saturated carbocycles. The van der Waals surface area contributed by atoms with Crippen molar-refractivity contribution in [1.29, 1.82) is 0 Å². The van der Waals surface area contributed by atoms with Gasteiger partial charge in [0.25, 0.3) is 11.5 Å². The summed E-state index contributed by atoms with van der Waals surface area (Å²) in [7, 11) is 5.71. The highest BCUT2D eigenvalue weighted by Gasteiger charge is 2.27. The maximum Gasteiger partial charge on any atom is 0.329 e. The third kappa shape index (κ3) is 4.42. The number of pyridine rings is 1. The molecule has 158 valence electrons. The van der Waals surface area contributed by atoms with E-state index in [4.69, 9.17) is 0 Å². The second-order valence-corrected chi connectivity index (χ2v) is 8.59. The monoisotopic (exact) mass is 401 g/mol. The number of nitrogens with zero attached hydrogens (tertiary/aromatic N) is 4. The van der Waals surface area contributed by atoms with Gasteiger partial charge in [0.15, 0.2) is 0 Å². The number of aromatic nitrogens is 3. The number of hydrogen-bond acceptors (Lipinski definition) is 5. The van der Waals surface area contributed by atoms with Gasteiger partial charge >= 0.3 is 5.69 Å². The fourth-order valence-electron chi connectivity index (χ4n) is 3.86. The summed E-state index contributed by atoms with van der Waals surface area (Å²) in [4.78, 5) is 48.8. The Hall–Kier alpha value is -2.48. The van der Waals surface area contributed by atoms with E-state index in [-0.39, 0.29) is 22.9 Å². The molecule has 3 heterocycles. The Kier molecular flexibility index (Phi) is 6.21. The molecule has 2 aromatic heterocycles. The van der Waals surface area contributed by atoms with Crippen molar-refractivity contribution < 1.29 is 4.79 Å². The summed E-state index contributed by atoms with van der Waals surface area (Å²) in [5, 5.41) is 0.191. The van der Waals surface area contributed by atoms with Crippen LogP contribution in [0, 0.1) is 5.92 Å². The molecule has 0 spiro atoms. The number of piperidine rings is 1. The van der Waals surface area contributed by atoms with Crippen LogP contribution in [0.3, 0.4) is 0 Å². The number of aryl methyl sites for hydroxylation is 1. The molecular weight excluding hydrogens is 370 g/mol. The molecule has 8 nitrogen and oxygen atoms in total. The van der Waals surface area contributed by atoms with E-state index in [0.717, 1.165) is 25.8 Å². The number of likely N-dealkylation sites (tertiary alicyclic amines) is 1. The highest BCUT2D eigenvalue weighted by molar-refractivity contribution is 6.05. The van der Waals surface area contributed by atoms with Crippen molar-refractivity contribution in [3.05, 3.63) is 38.2 Å². The van der Waals surface area contributed by atoms with Gasteiger partial charge in [0.2, 0.25) is 0 Å². The van der Waals surface area contributed by atoms with Gasteiger partial charge in [-0.25, -0.2) is 9.78 Å². The molecule has 2 aromatic rings. The van der Waals surface area contributed by atoms with Crippen LogP contribution in [0.5, 0.6) is 0 Å². The summed E-state index contributed by atoms with van der Waals surface area (Å²) in [6, 6.07) is 1.72. The first-order valence-corrected chi connectivity index (χ1v) is 10.3. The first kappa shape index (κ1) is 21.2. The number of H-pyrrole nitrogens is 1. The molecule has 1 N–H and O–H groups in total. The lowest BCUT2D eigenvalue weighted by atomic mass is 9.92. The van der Waals surface area contributed by atoms with E-state index < -0.39 is 11.2 Å². The number of carbonyl (C=O) groups excluding carboxylic acids is 1. The van der Waals surface area contributed by atoms with Crippen LogP contribution >= 0.6 is 0 Å². The highest BCUT2D eigenvalue weighted by Crippen LogP contribution is 2.25. The zero-order chi connectivity index (χ0) is 21.3. The Labute approximate surface area is 170 Å². The largest absolute Gasteiger partial charge is 0.339 e. The summed E-state index contributed by atoms with van der Waals surface area (Å²) in [6.07, 6.45) is 3.06. The van der Waals surface area contributed by atoms with Crippen molar-refractivity contribution in [3.63, 3.8) is 0 Å². The average molecular weight is 402 g/mol. The second-order valence-electron chi connectivity index (χ2n) is 8.59. The van der Waals surface area contributed by atoms with Crippen LogP contribution in [0.25, 0.3) is 11.0 Å². The summed E-state index contributed by atoms with van der Waals surface area (Å²) < 4.78 is 1.30. The Morgan fingerprint density at radius 3 is 2.52 bits per heavy atom. The molecule has 3 rings (SSSR count). The Morgan fingerprint density at radius 2 is 1.93 bits per heavy atom. The van der Waals surface area contributed by atoms with Gasteiger partial charge in [0, 0.05) is 25.8 Å². The van der Waals surface area contributed by atoms with E-state index in [1.165, 1.54) is 4.57 Å². The number of aromatic amines is 1. The maximum atomic E-state index is 13.4. The molecule has 1 saturated heterocycles. The molecule has 8 heteroatoms. The average Bonchev–Trinajstić information content (AvgIpc) is 2.69. The molecule has 0 unspecified atom stereocenters. The van der Waals surface area contributed by atoms with Gasteiger partial charge in [0.1, 0.15) is 5.65 Å². The minimum atomic E-state index is -0.560. The number of fused-ring (bicyclic) bond motifs is 1. The van der Waals surface area contributed by atoms with Gasteiger partial charge in [-0.3, -0.25) is 19.1 Å². The first-order chi connectivity index (χ1) is 13.7. The van der Waals surface area contributed by atoms with Crippen LogP contribution in [0.2, 0.25) is 0 Å². The fraction of sp³-hybridized carbons (Fsp3) is 0.619. The van der Waals surface area contributed by atoms with Crippen LogP contribution < -0.4 is 11.2 Å². The molecule has 0 bridgehead atoms. The van der Waals surface area contributed by atoms with Gasteiger partial charge in [-0.2, -0.15) is 0 Å². The number of rotatable bonds is 5. The summed E-state index contributed by atoms with van der Waals surface area (Å²) >= 11 is 0. The summed E-state index contributed by atoms with van der Waals surface area (Å²) in [5.74, 6) is 0.526. The van der Waals surface area contributed by atoms with Crippen LogP contribution in [0.1, 0.15) is 55.1 Å². The molecular formula is C21H31N5O3. The number of amides is 1. The van der Waals surface area contributed by atoms with Gasteiger partial charge in [-0.05, 0) is 57.8 Å². The summed E-state index contributed by atoms with van der Waals surface area (Å²) in [6.45, 7) is 6.37. The highest BCUT2D eigenvalue weighted by atomic mass is 16.2. The van der Waals surface area contributed by atoms with Crippen LogP contribution in [-0.4, -0.2) is 64.0 Å². The molecule has 0 aromatic carbocycles. The zero-order valence-corrected chi connectivity index (χ0v) is 18.0. The standard InChI is InChI=1S/C21H31N5O3/c1-13(2)16-12-15(17-18(22-16)25(5)21(29)23-19(17)27)20(28)26-10-7-14(8-11-26)6-9-24(3)4/h12-14H,6-11H2,1-5H3,(H,23,27,29). The van der Waals surface area contributed by atoms with E-state index >= 15 is 0 Å². The van der Waals surface area contributed by atoms with Gasteiger partial charge in [-0.15, -0.1) is 0 Å².